The van der Waals surface area contributed by atoms with E-state index in [2.05, 4.69) is 15.4 Å². The number of rotatable bonds is 6. The first-order valence-corrected chi connectivity index (χ1v) is 11.3. The van der Waals surface area contributed by atoms with E-state index in [0.29, 0.717) is 16.3 Å². The number of benzene rings is 1. The molecule has 158 valence electrons. The molecular weight excluding hydrogens is 426 g/mol. The fourth-order valence-electron chi connectivity index (χ4n) is 2.51. The molecule has 3 rings (SSSR count). The van der Waals surface area contributed by atoms with Crippen LogP contribution < -0.4 is 15.4 Å². The molecule has 0 atom stereocenters. The lowest BCUT2D eigenvalue weighted by Crippen LogP contribution is -2.40. The zero-order valence-electron chi connectivity index (χ0n) is 16.6. The summed E-state index contributed by atoms with van der Waals surface area (Å²) in [7, 11) is -3.89. The lowest BCUT2D eigenvalue weighted by molar-refractivity contribution is 0.0990. The second-order valence-electron chi connectivity index (χ2n) is 7.44. The number of sulfonamides is 1. The molecule has 30 heavy (non-hydrogen) atoms. The molecule has 0 spiro atoms. The molecule has 2 heterocycles. The van der Waals surface area contributed by atoms with Crippen molar-refractivity contribution < 1.29 is 22.4 Å². The van der Waals surface area contributed by atoms with Gasteiger partial charge in [-0.25, -0.2) is 13.1 Å². The molecule has 2 aromatic heterocycles. The number of carbonyl (C=O) groups is 2. The number of hydrogen-bond donors (Lipinski definition) is 3. The van der Waals surface area contributed by atoms with E-state index >= 15 is 0 Å². The van der Waals surface area contributed by atoms with Gasteiger partial charge >= 0.3 is 0 Å². The molecule has 0 aliphatic heterocycles. The second kappa shape index (κ2) is 8.42. The van der Waals surface area contributed by atoms with Gasteiger partial charge in [0.15, 0.2) is 5.76 Å². The van der Waals surface area contributed by atoms with Crippen molar-refractivity contribution >= 4 is 44.5 Å². The summed E-state index contributed by atoms with van der Waals surface area (Å²) < 4.78 is 32.3. The fourth-order valence-corrected chi connectivity index (χ4v) is 4.48. The smallest absolute Gasteiger partial charge is 0.291 e. The van der Waals surface area contributed by atoms with Gasteiger partial charge in [-0.15, -0.1) is 11.3 Å². The molecule has 0 fully saturated rings. The zero-order chi connectivity index (χ0) is 21.9. The van der Waals surface area contributed by atoms with Gasteiger partial charge in [0.2, 0.25) is 5.09 Å². The van der Waals surface area contributed by atoms with Crippen molar-refractivity contribution in [1.29, 1.82) is 0 Å². The topological polar surface area (TPSA) is 118 Å². The normalized spacial score (nSPS) is 11.8. The number of furan rings is 1. The van der Waals surface area contributed by atoms with Gasteiger partial charge < -0.3 is 15.1 Å². The Morgan fingerprint density at radius 2 is 1.60 bits per heavy atom. The first-order chi connectivity index (χ1) is 14.0. The third kappa shape index (κ3) is 5.56. The van der Waals surface area contributed by atoms with Crippen LogP contribution in [0.4, 0.5) is 11.4 Å². The van der Waals surface area contributed by atoms with Crippen LogP contribution in [-0.4, -0.2) is 25.8 Å². The highest BCUT2D eigenvalue weighted by Gasteiger charge is 2.26. The van der Waals surface area contributed by atoms with E-state index in [0.717, 1.165) is 0 Å². The third-order valence-corrected chi connectivity index (χ3v) is 6.13. The first-order valence-electron chi connectivity index (χ1n) is 8.94. The minimum atomic E-state index is -3.89. The number of anilines is 2. The predicted octanol–water partition coefficient (Wildman–Crippen LogP) is 3.92. The molecule has 0 saturated heterocycles. The number of carbonyl (C=O) groups excluding carboxylic acids is 2. The van der Waals surface area contributed by atoms with Crippen LogP contribution in [-0.2, 0) is 10.0 Å². The van der Waals surface area contributed by atoms with E-state index in [1.165, 1.54) is 23.5 Å². The predicted molar refractivity (Wildman–Crippen MR) is 115 cm³/mol. The third-order valence-electron chi connectivity index (χ3n) is 3.63. The Labute approximate surface area is 178 Å². The molecule has 8 nitrogen and oxygen atoms in total. The van der Waals surface area contributed by atoms with Crippen LogP contribution in [0.25, 0.3) is 0 Å². The van der Waals surface area contributed by atoms with Crippen LogP contribution in [0.15, 0.2) is 63.4 Å². The van der Waals surface area contributed by atoms with E-state index < -0.39 is 21.5 Å². The Hall–Kier alpha value is -2.95. The monoisotopic (exact) mass is 447 g/mol. The van der Waals surface area contributed by atoms with Crippen LogP contribution >= 0.6 is 11.3 Å². The van der Waals surface area contributed by atoms with Gasteiger partial charge in [0, 0.05) is 16.9 Å². The highest BCUT2D eigenvalue weighted by Crippen LogP contribution is 2.20. The average molecular weight is 448 g/mol. The van der Waals surface area contributed by atoms with Crippen LogP contribution in [0, 0.1) is 0 Å². The Kier molecular flexibility index (Phi) is 6.11. The lowest BCUT2D eigenvalue weighted by Gasteiger charge is -2.18. The molecule has 10 heteroatoms. The quantitative estimate of drug-likeness (QED) is 0.529. The summed E-state index contributed by atoms with van der Waals surface area (Å²) in [5.41, 5.74) is 0.225. The standard InChI is InChI=1S/C20H21N3O5S2/c1-20(2,3)23-30(26,27)17-10-9-15(28-17)18(24)21-13-6-4-7-14(12-13)22-19(25)16-8-5-11-29-16/h4-12,23H,1-3H3,(H,21,24)(H,22,25). The van der Waals surface area contributed by atoms with Crippen molar-refractivity contribution in [2.45, 2.75) is 31.4 Å². The molecule has 0 unspecified atom stereocenters. The average Bonchev–Trinajstić information content (AvgIpc) is 3.32. The summed E-state index contributed by atoms with van der Waals surface area (Å²) in [6, 6.07) is 12.6. The Balaban J connectivity index is 1.70. The van der Waals surface area contributed by atoms with Crippen molar-refractivity contribution in [3.05, 3.63) is 64.5 Å². The van der Waals surface area contributed by atoms with Crippen LogP contribution in [0.3, 0.4) is 0 Å². The summed E-state index contributed by atoms with van der Waals surface area (Å²) in [5, 5.41) is 6.83. The van der Waals surface area contributed by atoms with Crippen LogP contribution in [0.1, 0.15) is 41.0 Å². The fraction of sp³-hybridized carbons (Fsp3) is 0.200. The van der Waals surface area contributed by atoms with E-state index in [4.69, 9.17) is 4.42 Å². The molecule has 0 bridgehead atoms. The largest absolute Gasteiger partial charge is 0.438 e. The Morgan fingerprint density at radius 1 is 0.933 bits per heavy atom. The molecule has 0 radical (unpaired) electrons. The van der Waals surface area contributed by atoms with Crippen molar-refractivity contribution in [2.24, 2.45) is 0 Å². The van der Waals surface area contributed by atoms with E-state index in [1.807, 2.05) is 0 Å². The lowest BCUT2D eigenvalue weighted by atomic mass is 10.1. The molecule has 2 amide bonds. The van der Waals surface area contributed by atoms with Gasteiger partial charge in [0.05, 0.1) is 4.88 Å². The summed E-state index contributed by atoms with van der Waals surface area (Å²) in [5.74, 6) is -1.02. The molecule has 0 saturated carbocycles. The van der Waals surface area contributed by atoms with Gasteiger partial charge in [0.1, 0.15) is 0 Å². The minimum Gasteiger partial charge on any atom is -0.438 e. The highest BCUT2D eigenvalue weighted by atomic mass is 32.2. The molecule has 3 N–H and O–H groups in total. The number of amides is 2. The van der Waals surface area contributed by atoms with Crippen molar-refractivity contribution in [1.82, 2.24) is 4.72 Å². The van der Waals surface area contributed by atoms with Gasteiger partial charge in [-0.2, -0.15) is 0 Å². The highest BCUT2D eigenvalue weighted by molar-refractivity contribution is 7.89. The molecule has 3 aromatic rings. The summed E-state index contributed by atoms with van der Waals surface area (Å²) in [6.07, 6.45) is 0. The molecule has 0 aliphatic rings. The molecular formula is C20H21N3O5S2. The van der Waals surface area contributed by atoms with Crippen molar-refractivity contribution in [3.63, 3.8) is 0 Å². The van der Waals surface area contributed by atoms with Gasteiger partial charge in [0.25, 0.3) is 21.8 Å². The summed E-state index contributed by atoms with van der Waals surface area (Å²) in [4.78, 5) is 25.2. The van der Waals surface area contributed by atoms with Crippen molar-refractivity contribution in [3.8, 4) is 0 Å². The Morgan fingerprint density at radius 3 is 2.20 bits per heavy atom. The summed E-state index contributed by atoms with van der Waals surface area (Å²) >= 11 is 1.32. The van der Waals surface area contributed by atoms with Gasteiger partial charge in [-0.1, -0.05) is 12.1 Å². The Bertz CT molecular complexity index is 1160. The first kappa shape index (κ1) is 21.8. The van der Waals surface area contributed by atoms with Gasteiger partial charge in [-0.3, -0.25) is 9.59 Å². The maximum Gasteiger partial charge on any atom is 0.291 e. The van der Waals surface area contributed by atoms with Crippen LogP contribution in [0.5, 0.6) is 0 Å². The van der Waals surface area contributed by atoms with Crippen molar-refractivity contribution in [2.75, 3.05) is 10.6 Å². The summed E-state index contributed by atoms with van der Waals surface area (Å²) in [6.45, 7) is 5.10. The van der Waals surface area contributed by atoms with E-state index in [1.54, 1.807) is 62.5 Å². The minimum absolute atomic E-state index is 0.155. The van der Waals surface area contributed by atoms with E-state index in [-0.39, 0.29) is 16.8 Å². The van der Waals surface area contributed by atoms with E-state index in [9.17, 15) is 18.0 Å². The van der Waals surface area contributed by atoms with Crippen LogP contribution in [0.2, 0.25) is 0 Å². The maximum atomic E-state index is 12.5. The maximum absolute atomic E-state index is 12.5. The molecule has 1 aromatic carbocycles. The van der Waals surface area contributed by atoms with Gasteiger partial charge in [-0.05, 0) is 62.5 Å². The number of nitrogens with one attached hydrogen (secondary N) is 3. The SMILES string of the molecule is CC(C)(C)NS(=O)(=O)c1ccc(C(=O)Nc2cccc(NC(=O)c3cccs3)c2)o1. The second-order valence-corrected chi connectivity index (χ2v) is 10.0. The number of hydrogen-bond acceptors (Lipinski definition) is 6. The number of thiophene rings is 1. The molecule has 0 aliphatic carbocycles. The zero-order valence-corrected chi connectivity index (χ0v) is 18.2.